The Bertz CT molecular complexity index is 432. The minimum absolute atomic E-state index is 0.00833. The van der Waals surface area contributed by atoms with Gasteiger partial charge in [0.2, 0.25) is 0 Å². The first kappa shape index (κ1) is 17.2. The zero-order chi connectivity index (χ0) is 16.3. The molecule has 1 fully saturated rings. The Balaban J connectivity index is 1.74. The molecule has 0 radical (unpaired) electrons. The topological polar surface area (TPSA) is 68.1 Å². The van der Waals surface area contributed by atoms with Crippen LogP contribution in [0.2, 0.25) is 0 Å². The molecule has 1 N–H and O–H groups in total. The average molecular weight is 315 g/mol. The zero-order valence-electron chi connectivity index (χ0n) is 13.5. The maximum atomic E-state index is 13.6. The van der Waals surface area contributed by atoms with Crippen molar-refractivity contribution >= 4 is 11.7 Å². The van der Waals surface area contributed by atoms with Gasteiger partial charge in [-0.05, 0) is 24.7 Å². The molecule has 0 spiro atoms. The molecular weight excluding hydrogens is 289 g/mol. The summed E-state index contributed by atoms with van der Waals surface area (Å²) < 4.78 is 18.8. The van der Waals surface area contributed by atoms with Crippen LogP contribution in [-0.4, -0.2) is 41.8 Å². The van der Waals surface area contributed by atoms with Crippen molar-refractivity contribution in [3.63, 3.8) is 0 Å². The molecule has 0 aromatic rings. The van der Waals surface area contributed by atoms with Gasteiger partial charge in [-0.1, -0.05) is 25.9 Å². The summed E-state index contributed by atoms with van der Waals surface area (Å²) in [5.41, 5.74) is 0.746. The number of carbonyl (C=O) groups excluding carboxylic acids is 1. The minimum atomic E-state index is -1.20. The lowest BCUT2D eigenvalue weighted by Gasteiger charge is -2.28. The fourth-order valence-electron chi connectivity index (χ4n) is 2.74. The standard InChI is InChI=1S/C16H26FNO4/c1-16(2,3)9-21-15(20)8-11-7-13(18-22-11)10-4-5-14(19)12(17)6-10/h10-12,14,19H,4-9H2,1-3H3. The molecule has 126 valence electrons. The predicted molar refractivity (Wildman–Crippen MR) is 80.2 cm³/mol. The molecule has 2 rings (SSSR count). The third-order valence-corrected chi connectivity index (χ3v) is 4.03. The lowest BCUT2D eigenvalue weighted by molar-refractivity contribution is -0.149. The summed E-state index contributed by atoms with van der Waals surface area (Å²) in [5, 5.41) is 13.4. The molecule has 5 nitrogen and oxygen atoms in total. The number of carbonyl (C=O) groups is 1. The molecule has 1 aliphatic carbocycles. The largest absolute Gasteiger partial charge is 0.465 e. The van der Waals surface area contributed by atoms with E-state index in [1.165, 1.54) is 0 Å². The van der Waals surface area contributed by atoms with Gasteiger partial charge in [0.15, 0.2) is 0 Å². The van der Waals surface area contributed by atoms with Crippen LogP contribution in [-0.2, 0) is 14.4 Å². The molecule has 1 saturated carbocycles. The second-order valence-electron chi connectivity index (χ2n) is 7.53. The van der Waals surface area contributed by atoms with E-state index in [9.17, 15) is 14.3 Å². The number of hydrogen-bond acceptors (Lipinski definition) is 5. The highest BCUT2D eigenvalue weighted by Crippen LogP contribution is 2.32. The highest BCUT2D eigenvalue weighted by Gasteiger charge is 2.35. The van der Waals surface area contributed by atoms with Gasteiger partial charge in [-0.2, -0.15) is 0 Å². The second kappa shape index (κ2) is 6.94. The van der Waals surface area contributed by atoms with Crippen molar-refractivity contribution in [2.45, 2.75) is 71.3 Å². The van der Waals surface area contributed by atoms with Gasteiger partial charge in [0.05, 0.1) is 24.8 Å². The molecule has 1 aliphatic heterocycles. The van der Waals surface area contributed by atoms with Crippen LogP contribution in [0.25, 0.3) is 0 Å². The Hall–Kier alpha value is -1.17. The Kier molecular flexibility index (Phi) is 5.42. The van der Waals surface area contributed by atoms with Gasteiger partial charge in [0.1, 0.15) is 12.3 Å². The maximum Gasteiger partial charge on any atom is 0.309 e. The van der Waals surface area contributed by atoms with Crippen LogP contribution in [0.5, 0.6) is 0 Å². The van der Waals surface area contributed by atoms with Crippen LogP contribution < -0.4 is 0 Å². The SMILES string of the molecule is CC(C)(C)COC(=O)CC1CC(C2CCC(O)C(F)C2)=NO1. The van der Waals surface area contributed by atoms with Crippen molar-refractivity contribution in [1.29, 1.82) is 0 Å². The van der Waals surface area contributed by atoms with E-state index >= 15 is 0 Å². The summed E-state index contributed by atoms with van der Waals surface area (Å²) in [4.78, 5) is 17.1. The van der Waals surface area contributed by atoms with Crippen molar-refractivity contribution in [1.82, 2.24) is 0 Å². The van der Waals surface area contributed by atoms with E-state index in [0.29, 0.717) is 25.9 Å². The predicted octanol–water partition coefficient (Wildman–Crippen LogP) is 2.61. The number of aliphatic hydroxyl groups is 1. The smallest absolute Gasteiger partial charge is 0.309 e. The molecule has 1 heterocycles. The molecule has 0 aromatic carbocycles. The number of esters is 1. The maximum absolute atomic E-state index is 13.6. The van der Waals surface area contributed by atoms with E-state index in [1.54, 1.807) is 0 Å². The molecule has 2 aliphatic rings. The number of ether oxygens (including phenoxy) is 1. The molecule has 0 amide bonds. The van der Waals surface area contributed by atoms with Crippen LogP contribution in [0.4, 0.5) is 4.39 Å². The first-order valence-corrected chi connectivity index (χ1v) is 7.95. The van der Waals surface area contributed by atoms with Gasteiger partial charge in [0.25, 0.3) is 0 Å². The normalized spacial score (nSPS) is 32.3. The Labute approximate surface area is 130 Å². The molecule has 6 heteroatoms. The third-order valence-electron chi connectivity index (χ3n) is 4.03. The summed E-state index contributed by atoms with van der Waals surface area (Å²) in [7, 11) is 0. The summed E-state index contributed by atoms with van der Waals surface area (Å²) in [5.74, 6) is -0.284. The van der Waals surface area contributed by atoms with Crippen LogP contribution in [0.15, 0.2) is 5.16 Å². The Morgan fingerprint density at radius 2 is 2.18 bits per heavy atom. The number of nitrogens with zero attached hydrogens (tertiary/aromatic N) is 1. The molecule has 0 saturated heterocycles. The fraction of sp³-hybridized carbons (Fsp3) is 0.875. The lowest BCUT2D eigenvalue weighted by atomic mass is 9.81. The molecule has 22 heavy (non-hydrogen) atoms. The second-order valence-corrected chi connectivity index (χ2v) is 7.53. The summed E-state index contributed by atoms with van der Waals surface area (Å²) in [6, 6.07) is 0. The fourth-order valence-corrected chi connectivity index (χ4v) is 2.74. The summed E-state index contributed by atoms with van der Waals surface area (Å²) in [6.07, 6.45) is -0.221. The van der Waals surface area contributed by atoms with E-state index < -0.39 is 12.3 Å². The number of aliphatic hydroxyl groups excluding tert-OH is 1. The Morgan fingerprint density at radius 1 is 1.45 bits per heavy atom. The van der Waals surface area contributed by atoms with Gasteiger partial charge >= 0.3 is 5.97 Å². The first-order chi connectivity index (χ1) is 10.2. The van der Waals surface area contributed by atoms with Crippen molar-refractivity contribution < 1.29 is 23.9 Å². The van der Waals surface area contributed by atoms with Gasteiger partial charge in [-0.25, -0.2) is 4.39 Å². The van der Waals surface area contributed by atoms with E-state index in [4.69, 9.17) is 9.57 Å². The molecule has 0 aromatic heterocycles. The van der Waals surface area contributed by atoms with E-state index in [-0.39, 0.29) is 36.2 Å². The van der Waals surface area contributed by atoms with Gasteiger partial charge in [-0.15, -0.1) is 0 Å². The number of rotatable bonds is 4. The van der Waals surface area contributed by atoms with Crippen molar-refractivity contribution in [3.05, 3.63) is 0 Å². The van der Waals surface area contributed by atoms with Gasteiger partial charge < -0.3 is 14.7 Å². The molecule has 4 unspecified atom stereocenters. The third kappa shape index (κ3) is 4.93. The number of alkyl halides is 1. The van der Waals surface area contributed by atoms with E-state index in [0.717, 1.165) is 5.71 Å². The van der Waals surface area contributed by atoms with Crippen molar-refractivity contribution in [2.24, 2.45) is 16.5 Å². The van der Waals surface area contributed by atoms with Gasteiger partial charge in [-0.3, -0.25) is 4.79 Å². The van der Waals surface area contributed by atoms with Crippen molar-refractivity contribution in [3.8, 4) is 0 Å². The van der Waals surface area contributed by atoms with Crippen LogP contribution >= 0.6 is 0 Å². The summed E-state index contributed by atoms with van der Waals surface area (Å²) in [6.45, 7) is 6.37. The summed E-state index contributed by atoms with van der Waals surface area (Å²) >= 11 is 0. The molecule has 4 atom stereocenters. The number of halogens is 1. The minimum Gasteiger partial charge on any atom is -0.465 e. The van der Waals surface area contributed by atoms with Crippen LogP contribution in [0.1, 0.15) is 52.9 Å². The van der Waals surface area contributed by atoms with E-state index in [2.05, 4.69) is 5.16 Å². The zero-order valence-corrected chi connectivity index (χ0v) is 13.5. The molecule has 0 bridgehead atoms. The highest BCUT2D eigenvalue weighted by molar-refractivity contribution is 5.88. The van der Waals surface area contributed by atoms with Crippen LogP contribution in [0, 0.1) is 11.3 Å². The first-order valence-electron chi connectivity index (χ1n) is 7.95. The Morgan fingerprint density at radius 3 is 2.82 bits per heavy atom. The molecular formula is C16H26FNO4. The van der Waals surface area contributed by atoms with E-state index in [1.807, 2.05) is 20.8 Å². The average Bonchev–Trinajstić information content (AvgIpc) is 2.87. The number of oxime groups is 1. The quantitative estimate of drug-likeness (QED) is 0.810. The van der Waals surface area contributed by atoms with Gasteiger partial charge in [0, 0.05) is 12.3 Å². The number of hydrogen-bond donors (Lipinski definition) is 1. The van der Waals surface area contributed by atoms with Crippen LogP contribution in [0.3, 0.4) is 0 Å². The monoisotopic (exact) mass is 315 g/mol. The lowest BCUT2D eigenvalue weighted by Crippen LogP contribution is -2.33. The highest BCUT2D eigenvalue weighted by atomic mass is 19.1. The van der Waals surface area contributed by atoms with Crippen molar-refractivity contribution in [2.75, 3.05) is 6.61 Å².